The van der Waals surface area contributed by atoms with Crippen molar-refractivity contribution in [1.29, 1.82) is 0 Å². The molecule has 0 aromatic heterocycles. The molecular formula is C36H32FN2O6P. The summed E-state index contributed by atoms with van der Waals surface area (Å²) in [4.78, 5) is 34.1. The van der Waals surface area contributed by atoms with Crippen molar-refractivity contribution in [2.45, 2.75) is 31.0 Å². The van der Waals surface area contributed by atoms with E-state index in [1.165, 1.54) is 36.4 Å². The number of rotatable bonds is 9. The smallest absolute Gasteiger partial charge is 0.356 e. The molecule has 1 heterocycles. The van der Waals surface area contributed by atoms with E-state index in [0.717, 1.165) is 11.1 Å². The zero-order valence-electron chi connectivity index (χ0n) is 24.6. The van der Waals surface area contributed by atoms with Crippen LogP contribution in [0.15, 0.2) is 121 Å². The molecule has 3 atom stereocenters. The standard InChI is InChI=1S/C36H32FN2O6P/c37-28-13-6-26(7-14-28)33(40)21-20-32-35(31-19-12-27(22-34(31)41)25-10-17-30(18-11-25)46(43,44)45)39(36(42)38-32)29-15-8-24(9-16-29)23-4-2-1-3-5-23/h1-19,22,32-33,35,40-41H,20-21H2,(H,38,42)(H2,43,44,45). The van der Waals surface area contributed by atoms with Crippen LogP contribution < -0.4 is 15.5 Å². The fraction of sp³-hybridized carbons (Fsp3) is 0.139. The number of aliphatic hydroxyl groups is 1. The second-order valence-electron chi connectivity index (χ2n) is 11.3. The normalized spacial score (nSPS) is 17.1. The number of phenolic OH excluding ortho intramolecular Hbond substituents is 1. The quantitative estimate of drug-likeness (QED) is 0.113. The number of nitrogens with one attached hydrogen (secondary N) is 1. The summed E-state index contributed by atoms with van der Waals surface area (Å²) < 4.78 is 25.0. The van der Waals surface area contributed by atoms with E-state index in [0.29, 0.717) is 34.4 Å². The number of nitrogens with zero attached hydrogens (tertiary/aromatic N) is 1. The summed E-state index contributed by atoms with van der Waals surface area (Å²) >= 11 is 0. The number of phenols is 1. The number of carbonyl (C=O) groups is 1. The van der Waals surface area contributed by atoms with E-state index in [1.807, 2.05) is 54.6 Å². The molecule has 0 aliphatic carbocycles. The molecule has 1 aliphatic heterocycles. The van der Waals surface area contributed by atoms with E-state index in [1.54, 1.807) is 35.2 Å². The third-order valence-electron chi connectivity index (χ3n) is 8.33. The van der Waals surface area contributed by atoms with Crippen molar-refractivity contribution in [2.24, 2.45) is 0 Å². The van der Waals surface area contributed by atoms with E-state index < -0.39 is 31.6 Å². The second kappa shape index (κ2) is 12.9. The van der Waals surface area contributed by atoms with Crippen LogP contribution in [0.25, 0.3) is 22.3 Å². The molecule has 0 spiro atoms. The topological polar surface area (TPSA) is 130 Å². The van der Waals surface area contributed by atoms with Gasteiger partial charge in [-0.15, -0.1) is 0 Å². The monoisotopic (exact) mass is 638 g/mol. The average molecular weight is 639 g/mol. The Morgan fingerprint density at radius 3 is 2.00 bits per heavy atom. The first kappa shape index (κ1) is 31.2. The van der Waals surface area contributed by atoms with Crippen molar-refractivity contribution in [3.63, 3.8) is 0 Å². The number of anilines is 1. The summed E-state index contributed by atoms with van der Waals surface area (Å²) in [7, 11) is -4.40. The van der Waals surface area contributed by atoms with Crippen molar-refractivity contribution >= 4 is 24.6 Å². The first-order valence-corrected chi connectivity index (χ1v) is 16.4. The molecule has 0 radical (unpaired) electrons. The maximum atomic E-state index is 13.6. The number of urea groups is 1. The Morgan fingerprint density at radius 2 is 1.37 bits per heavy atom. The summed E-state index contributed by atoms with van der Waals surface area (Å²) in [5, 5.41) is 25.2. The average Bonchev–Trinajstić information content (AvgIpc) is 3.39. The summed E-state index contributed by atoms with van der Waals surface area (Å²) in [6.45, 7) is 0. The lowest BCUT2D eigenvalue weighted by atomic mass is 9.91. The molecule has 234 valence electrons. The minimum absolute atomic E-state index is 0.0620. The van der Waals surface area contributed by atoms with Crippen LogP contribution in [0.1, 0.15) is 36.1 Å². The van der Waals surface area contributed by atoms with Crippen LogP contribution in [0.5, 0.6) is 5.75 Å². The Labute approximate surface area is 265 Å². The minimum Gasteiger partial charge on any atom is -0.508 e. The maximum Gasteiger partial charge on any atom is 0.356 e. The lowest BCUT2D eigenvalue weighted by Gasteiger charge is -2.28. The van der Waals surface area contributed by atoms with Gasteiger partial charge in [0, 0.05) is 11.3 Å². The van der Waals surface area contributed by atoms with E-state index in [4.69, 9.17) is 0 Å². The van der Waals surface area contributed by atoms with Crippen LogP contribution in [0.4, 0.5) is 14.9 Å². The van der Waals surface area contributed by atoms with Crippen molar-refractivity contribution in [2.75, 3.05) is 4.90 Å². The van der Waals surface area contributed by atoms with Gasteiger partial charge in [-0.1, -0.05) is 78.9 Å². The minimum atomic E-state index is -4.40. The largest absolute Gasteiger partial charge is 0.508 e. The molecule has 6 rings (SSSR count). The van der Waals surface area contributed by atoms with Gasteiger partial charge in [0.2, 0.25) is 0 Å². The number of carbonyl (C=O) groups excluding carboxylic acids is 1. The number of hydrogen-bond acceptors (Lipinski definition) is 4. The summed E-state index contributed by atoms with van der Waals surface area (Å²) in [6.07, 6.45) is -0.249. The van der Waals surface area contributed by atoms with E-state index in [-0.39, 0.29) is 23.5 Å². The number of aliphatic hydroxyl groups excluding tert-OH is 1. The Bertz CT molecular complexity index is 1880. The lowest BCUT2D eigenvalue weighted by Crippen LogP contribution is -2.29. The number of aromatic hydroxyl groups is 1. The fourth-order valence-electron chi connectivity index (χ4n) is 5.93. The zero-order chi connectivity index (χ0) is 32.4. The Kier molecular flexibility index (Phi) is 8.75. The van der Waals surface area contributed by atoms with Crippen LogP contribution in [-0.4, -0.2) is 32.1 Å². The Hall–Kier alpha value is -4.79. The van der Waals surface area contributed by atoms with Gasteiger partial charge in [-0.3, -0.25) is 9.46 Å². The molecule has 0 saturated carbocycles. The molecule has 3 unspecified atom stereocenters. The number of benzene rings is 5. The molecule has 1 fully saturated rings. The van der Waals surface area contributed by atoms with E-state index >= 15 is 0 Å². The highest BCUT2D eigenvalue weighted by atomic mass is 31.2. The molecule has 1 saturated heterocycles. The van der Waals surface area contributed by atoms with Gasteiger partial charge in [0.1, 0.15) is 11.6 Å². The van der Waals surface area contributed by atoms with Crippen molar-refractivity contribution in [3.8, 4) is 28.0 Å². The zero-order valence-corrected chi connectivity index (χ0v) is 25.5. The van der Waals surface area contributed by atoms with Crippen molar-refractivity contribution in [3.05, 3.63) is 138 Å². The van der Waals surface area contributed by atoms with Crippen molar-refractivity contribution in [1.82, 2.24) is 5.32 Å². The van der Waals surface area contributed by atoms with Crippen molar-refractivity contribution < 1.29 is 33.7 Å². The molecule has 0 bridgehead atoms. The number of hydrogen-bond donors (Lipinski definition) is 5. The molecule has 5 N–H and O–H groups in total. The Balaban J connectivity index is 1.32. The van der Waals surface area contributed by atoms with Gasteiger partial charge in [0.05, 0.1) is 23.5 Å². The molecule has 1 aliphatic rings. The Morgan fingerprint density at radius 1 is 0.783 bits per heavy atom. The van der Waals surface area contributed by atoms with Crippen LogP contribution in [0.2, 0.25) is 0 Å². The van der Waals surface area contributed by atoms with Gasteiger partial charge < -0.3 is 25.3 Å². The first-order valence-electron chi connectivity index (χ1n) is 14.8. The lowest BCUT2D eigenvalue weighted by molar-refractivity contribution is 0.159. The van der Waals surface area contributed by atoms with Crippen LogP contribution in [-0.2, 0) is 4.57 Å². The molecule has 5 aromatic carbocycles. The van der Waals surface area contributed by atoms with Gasteiger partial charge in [-0.2, -0.15) is 0 Å². The van der Waals surface area contributed by atoms with E-state index in [9.17, 15) is 33.7 Å². The van der Waals surface area contributed by atoms with Gasteiger partial charge >= 0.3 is 13.6 Å². The third kappa shape index (κ3) is 6.59. The highest BCUT2D eigenvalue weighted by Crippen LogP contribution is 2.42. The first-order chi connectivity index (χ1) is 22.1. The molecule has 46 heavy (non-hydrogen) atoms. The molecule has 10 heteroatoms. The molecule has 5 aromatic rings. The summed E-state index contributed by atoms with van der Waals surface area (Å²) in [6, 6.07) is 32.5. The summed E-state index contributed by atoms with van der Waals surface area (Å²) in [5.41, 5.74) is 4.96. The van der Waals surface area contributed by atoms with Crippen LogP contribution in [0.3, 0.4) is 0 Å². The molecule has 2 amide bonds. The molecular weight excluding hydrogens is 606 g/mol. The number of amides is 2. The maximum absolute atomic E-state index is 13.6. The van der Waals surface area contributed by atoms with Gasteiger partial charge in [0.25, 0.3) is 0 Å². The van der Waals surface area contributed by atoms with E-state index in [2.05, 4.69) is 5.32 Å². The fourth-order valence-corrected chi connectivity index (χ4v) is 6.47. The third-order valence-corrected chi connectivity index (χ3v) is 9.30. The predicted molar refractivity (Wildman–Crippen MR) is 175 cm³/mol. The number of halogens is 1. The second-order valence-corrected chi connectivity index (χ2v) is 12.9. The SMILES string of the molecule is O=C1NC(CCC(O)c2ccc(F)cc2)C(c2ccc(-c3ccc(P(=O)(O)O)cc3)cc2O)N1c1ccc(-c2ccccc2)cc1. The van der Waals surface area contributed by atoms with Crippen LogP contribution >= 0.6 is 7.60 Å². The van der Waals surface area contributed by atoms with Crippen LogP contribution in [0, 0.1) is 5.82 Å². The summed E-state index contributed by atoms with van der Waals surface area (Å²) in [5.74, 6) is -0.460. The van der Waals surface area contributed by atoms with Gasteiger partial charge in [0.15, 0.2) is 0 Å². The highest BCUT2D eigenvalue weighted by Gasteiger charge is 2.42. The predicted octanol–water partition coefficient (Wildman–Crippen LogP) is 6.82. The van der Waals surface area contributed by atoms with Gasteiger partial charge in [-0.25, -0.2) is 9.18 Å². The molecule has 8 nitrogen and oxygen atoms in total. The van der Waals surface area contributed by atoms with Gasteiger partial charge in [-0.05, 0) is 83.1 Å². The highest BCUT2D eigenvalue weighted by molar-refractivity contribution is 7.60.